The SMILES string of the molecule is [CH2][C@@H](C(=O)OC)C1CCN(C)CC1. The number of nitrogens with zero attached hydrogens (tertiary/aromatic N) is 1. The number of carbonyl (C=O) groups excluding carboxylic acids is 1. The Morgan fingerprint density at radius 2 is 2.08 bits per heavy atom. The van der Waals surface area contributed by atoms with Gasteiger partial charge in [-0.1, -0.05) is 0 Å². The Labute approximate surface area is 80.1 Å². The van der Waals surface area contributed by atoms with Gasteiger partial charge in [-0.2, -0.15) is 0 Å². The van der Waals surface area contributed by atoms with Crippen LogP contribution in [0.5, 0.6) is 0 Å². The van der Waals surface area contributed by atoms with Crippen LogP contribution in [0, 0.1) is 18.8 Å². The van der Waals surface area contributed by atoms with Gasteiger partial charge in [0.05, 0.1) is 13.0 Å². The van der Waals surface area contributed by atoms with Crippen molar-refractivity contribution in [2.24, 2.45) is 11.8 Å². The van der Waals surface area contributed by atoms with E-state index < -0.39 is 0 Å². The summed E-state index contributed by atoms with van der Waals surface area (Å²) in [5, 5.41) is 0. The highest BCUT2D eigenvalue weighted by atomic mass is 16.5. The number of methoxy groups -OCH3 is 1. The first-order valence-corrected chi connectivity index (χ1v) is 4.74. The number of hydrogen-bond acceptors (Lipinski definition) is 3. The van der Waals surface area contributed by atoms with Crippen molar-refractivity contribution in [3.63, 3.8) is 0 Å². The molecule has 0 aliphatic carbocycles. The monoisotopic (exact) mass is 184 g/mol. The standard InChI is InChI=1S/C10H18NO2/c1-8(10(12)13-3)9-4-6-11(2)7-5-9/h8-9H,1,4-7H2,2-3H3/t8-/m1/s1. The molecule has 0 spiro atoms. The second-order valence-electron chi connectivity index (χ2n) is 3.77. The van der Waals surface area contributed by atoms with Gasteiger partial charge in [-0.15, -0.1) is 0 Å². The van der Waals surface area contributed by atoms with E-state index >= 15 is 0 Å². The summed E-state index contributed by atoms with van der Waals surface area (Å²) in [5.41, 5.74) is 0. The highest BCUT2D eigenvalue weighted by Gasteiger charge is 2.27. The van der Waals surface area contributed by atoms with Crippen LogP contribution in [0.4, 0.5) is 0 Å². The molecular formula is C10H18NO2. The average Bonchev–Trinajstić information content (AvgIpc) is 2.17. The van der Waals surface area contributed by atoms with Crippen LogP contribution in [0.3, 0.4) is 0 Å². The molecule has 1 radical (unpaired) electrons. The van der Waals surface area contributed by atoms with Gasteiger partial charge in [0.1, 0.15) is 0 Å². The second kappa shape index (κ2) is 4.61. The van der Waals surface area contributed by atoms with E-state index in [9.17, 15) is 4.79 Å². The van der Waals surface area contributed by atoms with E-state index in [-0.39, 0.29) is 11.9 Å². The van der Waals surface area contributed by atoms with Crippen LogP contribution in [-0.4, -0.2) is 38.1 Å². The quantitative estimate of drug-likeness (QED) is 0.598. The summed E-state index contributed by atoms with van der Waals surface area (Å²) in [6, 6.07) is 0. The molecule has 0 saturated carbocycles. The van der Waals surface area contributed by atoms with Crippen LogP contribution >= 0.6 is 0 Å². The number of esters is 1. The van der Waals surface area contributed by atoms with E-state index in [0.29, 0.717) is 5.92 Å². The van der Waals surface area contributed by atoms with Crippen LogP contribution in [-0.2, 0) is 9.53 Å². The first-order chi connectivity index (χ1) is 6.15. The molecule has 1 atom stereocenters. The number of likely N-dealkylation sites (tertiary alicyclic amines) is 1. The molecule has 1 aliphatic rings. The molecule has 0 aromatic rings. The van der Waals surface area contributed by atoms with E-state index in [4.69, 9.17) is 0 Å². The van der Waals surface area contributed by atoms with Crippen molar-refractivity contribution >= 4 is 5.97 Å². The summed E-state index contributed by atoms with van der Waals surface area (Å²) in [7, 11) is 3.53. The zero-order valence-corrected chi connectivity index (χ0v) is 8.45. The summed E-state index contributed by atoms with van der Waals surface area (Å²) in [6.45, 7) is 5.99. The Balaban J connectivity index is 2.39. The first kappa shape index (κ1) is 10.5. The van der Waals surface area contributed by atoms with E-state index in [1.807, 2.05) is 0 Å². The molecular weight excluding hydrogens is 166 g/mol. The molecule has 1 heterocycles. The summed E-state index contributed by atoms with van der Waals surface area (Å²) in [4.78, 5) is 13.5. The van der Waals surface area contributed by atoms with Crippen LogP contribution < -0.4 is 0 Å². The van der Waals surface area contributed by atoms with Crippen molar-refractivity contribution in [1.82, 2.24) is 4.90 Å². The molecule has 1 saturated heterocycles. The number of hydrogen-bond donors (Lipinski definition) is 0. The fraction of sp³-hybridized carbons (Fsp3) is 0.800. The predicted molar refractivity (Wildman–Crippen MR) is 51.1 cm³/mol. The molecule has 0 unspecified atom stereocenters. The number of ether oxygens (including phenoxy) is 1. The largest absolute Gasteiger partial charge is 0.469 e. The van der Waals surface area contributed by atoms with Gasteiger partial charge >= 0.3 is 5.97 Å². The van der Waals surface area contributed by atoms with Crippen LogP contribution in [0.25, 0.3) is 0 Å². The molecule has 3 heteroatoms. The topological polar surface area (TPSA) is 29.5 Å². The van der Waals surface area contributed by atoms with Gasteiger partial charge in [-0.25, -0.2) is 0 Å². The zero-order valence-electron chi connectivity index (χ0n) is 8.45. The van der Waals surface area contributed by atoms with Gasteiger partial charge < -0.3 is 9.64 Å². The maximum atomic E-state index is 11.2. The third-order valence-corrected chi connectivity index (χ3v) is 2.84. The first-order valence-electron chi connectivity index (χ1n) is 4.74. The summed E-state index contributed by atoms with van der Waals surface area (Å²) in [5.74, 6) is 0.0527. The van der Waals surface area contributed by atoms with Crippen molar-refractivity contribution in [3.8, 4) is 0 Å². The molecule has 0 bridgehead atoms. The molecule has 1 fully saturated rings. The summed E-state index contributed by atoms with van der Waals surface area (Å²) >= 11 is 0. The van der Waals surface area contributed by atoms with E-state index in [1.165, 1.54) is 7.11 Å². The normalized spacial score (nSPS) is 22.7. The molecule has 1 aliphatic heterocycles. The average molecular weight is 184 g/mol. The van der Waals surface area contributed by atoms with Crippen molar-refractivity contribution in [1.29, 1.82) is 0 Å². The molecule has 0 aromatic carbocycles. The van der Waals surface area contributed by atoms with Gasteiger partial charge in [0.2, 0.25) is 0 Å². The molecule has 13 heavy (non-hydrogen) atoms. The Hall–Kier alpha value is -0.570. The van der Waals surface area contributed by atoms with Gasteiger partial charge in [0.25, 0.3) is 0 Å². The Morgan fingerprint density at radius 1 is 1.54 bits per heavy atom. The van der Waals surface area contributed by atoms with E-state index in [2.05, 4.69) is 23.6 Å². The second-order valence-corrected chi connectivity index (χ2v) is 3.77. The van der Waals surface area contributed by atoms with Crippen LogP contribution in [0.2, 0.25) is 0 Å². The molecule has 0 amide bonds. The predicted octanol–water partition coefficient (Wildman–Crippen LogP) is 0.951. The lowest BCUT2D eigenvalue weighted by Gasteiger charge is -2.31. The highest BCUT2D eigenvalue weighted by molar-refractivity contribution is 5.73. The lowest BCUT2D eigenvalue weighted by Crippen LogP contribution is -2.35. The fourth-order valence-electron chi connectivity index (χ4n) is 1.77. The van der Waals surface area contributed by atoms with Crippen molar-refractivity contribution in [3.05, 3.63) is 6.92 Å². The van der Waals surface area contributed by atoms with Gasteiger partial charge in [0.15, 0.2) is 0 Å². The van der Waals surface area contributed by atoms with Gasteiger partial charge in [-0.05, 0) is 45.8 Å². The van der Waals surface area contributed by atoms with Gasteiger partial charge in [-0.3, -0.25) is 4.79 Å². The zero-order chi connectivity index (χ0) is 9.84. The number of carbonyl (C=O) groups is 1. The maximum Gasteiger partial charge on any atom is 0.308 e. The molecule has 1 rings (SSSR count). The van der Waals surface area contributed by atoms with Crippen molar-refractivity contribution in [2.45, 2.75) is 12.8 Å². The van der Waals surface area contributed by atoms with Crippen LogP contribution in [0.1, 0.15) is 12.8 Å². The van der Waals surface area contributed by atoms with E-state index in [1.54, 1.807) is 0 Å². The van der Waals surface area contributed by atoms with Gasteiger partial charge in [0, 0.05) is 0 Å². The Bertz CT molecular complexity index is 174. The maximum absolute atomic E-state index is 11.2. The fourth-order valence-corrected chi connectivity index (χ4v) is 1.77. The number of rotatable bonds is 2. The van der Waals surface area contributed by atoms with Crippen molar-refractivity contribution in [2.75, 3.05) is 27.2 Å². The Kier molecular flexibility index (Phi) is 3.72. The van der Waals surface area contributed by atoms with E-state index in [0.717, 1.165) is 25.9 Å². The third kappa shape index (κ3) is 2.69. The minimum Gasteiger partial charge on any atom is -0.469 e. The minimum atomic E-state index is -0.182. The van der Waals surface area contributed by atoms with Crippen LogP contribution in [0.15, 0.2) is 0 Å². The molecule has 3 nitrogen and oxygen atoms in total. The third-order valence-electron chi connectivity index (χ3n) is 2.84. The lowest BCUT2D eigenvalue weighted by molar-refractivity contribution is -0.146. The minimum absolute atomic E-state index is 0.172. The van der Waals surface area contributed by atoms with Crippen molar-refractivity contribution < 1.29 is 9.53 Å². The molecule has 0 N–H and O–H groups in total. The Morgan fingerprint density at radius 3 is 2.54 bits per heavy atom. The highest BCUT2D eigenvalue weighted by Crippen LogP contribution is 2.24. The summed E-state index contributed by atoms with van der Waals surface area (Å²) < 4.78 is 4.68. The lowest BCUT2D eigenvalue weighted by atomic mass is 9.86. The number of piperidine rings is 1. The molecule has 75 valence electrons. The summed E-state index contributed by atoms with van der Waals surface area (Å²) in [6.07, 6.45) is 2.11. The molecule has 0 aromatic heterocycles. The smallest absolute Gasteiger partial charge is 0.308 e.